The Morgan fingerprint density at radius 3 is 3.46 bits per heavy atom. The molecule has 0 bridgehead atoms. The van der Waals surface area contributed by atoms with Gasteiger partial charge in [-0.3, -0.25) is 4.40 Å². The Balaban J connectivity index is 2.09. The highest BCUT2D eigenvalue weighted by molar-refractivity contribution is 7.15. The Morgan fingerprint density at radius 2 is 2.62 bits per heavy atom. The van der Waals surface area contributed by atoms with Gasteiger partial charge in [0.15, 0.2) is 4.96 Å². The van der Waals surface area contributed by atoms with E-state index in [1.807, 2.05) is 12.4 Å². The van der Waals surface area contributed by atoms with Crippen LogP contribution in [0.3, 0.4) is 0 Å². The number of nitrogens with one attached hydrogen (secondary N) is 1. The van der Waals surface area contributed by atoms with Crippen molar-refractivity contribution in [3.05, 3.63) is 23.5 Å². The first-order valence-electron chi connectivity index (χ1n) is 4.59. The van der Waals surface area contributed by atoms with E-state index in [0.717, 1.165) is 11.5 Å². The monoisotopic (exact) mass is 193 g/mol. The zero-order valence-corrected chi connectivity index (χ0v) is 8.05. The van der Waals surface area contributed by atoms with Crippen molar-refractivity contribution in [1.82, 2.24) is 14.7 Å². The van der Waals surface area contributed by atoms with Crippen molar-refractivity contribution >= 4 is 16.3 Å². The summed E-state index contributed by atoms with van der Waals surface area (Å²) in [7, 11) is 0. The van der Waals surface area contributed by atoms with E-state index in [1.54, 1.807) is 11.3 Å². The second-order valence-corrected chi connectivity index (χ2v) is 4.23. The summed E-state index contributed by atoms with van der Waals surface area (Å²) in [5.74, 6) is 0. The number of aromatic nitrogens is 2. The highest BCUT2D eigenvalue weighted by Crippen LogP contribution is 2.26. The third-order valence-electron chi connectivity index (χ3n) is 2.59. The van der Waals surface area contributed by atoms with Crippen LogP contribution in [0, 0.1) is 0 Å². The first kappa shape index (κ1) is 7.53. The molecular formula is C9H11N3S. The van der Waals surface area contributed by atoms with Crippen molar-refractivity contribution in [3.63, 3.8) is 0 Å². The van der Waals surface area contributed by atoms with Gasteiger partial charge in [0.1, 0.15) is 0 Å². The van der Waals surface area contributed by atoms with Crippen molar-refractivity contribution < 1.29 is 0 Å². The molecule has 2 aromatic heterocycles. The standard InChI is InChI=1S/C9H11N3S/c1-2-7(10-3-1)8-6-13-9-11-4-5-12(8)9/h4-7,10H,1-3H2/t7-/m0/s1. The predicted octanol–water partition coefficient (Wildman–Crippen LogP) is 1.82. The average Bonchev–Trinajstić information content (AvgIpc) is 2.79. The van der Waals surface area contributed by atoms with Crippen LogP contribution in [-0.2, 0) is 0 Å². The second-order valence-electron chi connectivity index (χ2n) is 3.39. The lowest BCUT2D eigenvalue weighted by Gasteiger charge is -2.07. The lowest BCUT2D eigenvalue weighted by atomic mass is 10.2. The van der Waals surface area contributed by atoms with E-state index in [9.17, 15) is 0 Å². The summed E-state index contributed by atoms with van der Waals surface area (Å²) in [6.45, 7) is 1.15. The molecule has 0 amide bonds. The summed E-state index contributed by atoms with van der Waals surface area (Å²) in [5.41, 5.74) is 1.37. The topological polar surface area (TPSA) is 29.3 Å². The molecule has 68 valence electrons. The summed E-state index contributed by atoms with van der Waals surface area (Å²) >= 11 is 1.72. The molecule has 0 radical (unpaired) electrons. The fourth-order valence-electron chi connectivity index (χ4n) is 1.93. The van der Waals surface area contributed by atoms with E-state index < -0.39 is 0 Å². The number of imidazole rings is 1. The molecule has 1 aliphatic heterocycles. The van der Waals surface area contributed by atoms with Gasteiger partial charge < -0.3 is 5.32 Å². The summed E-state index contributed by atoms with van der Waals surface area (Å²) in [5, 5.41) is 5.71. The first-order chi connectivity index (χ1) is 6.45. The number of fused-ring (bicyclic) bond motifs is 1. The van der Waals surface area contributed by atoms with Crippen molar-refractivity contribution in [2.24, 2.45) is 0 Å². The van der Waals surface area contributed by atoms with E-state index >= 15 is 0 Å². The molecule has 3 heterocycles. The quantitative estimate of drug-likeness (QED) is 0.748. The van der Waals surface area contributed by atoms with Gasteiger partial charge in [0.2, 0.25) is 0 Å². The van der Waals surface area contributed by atoms with Crippen molar-refractivity contribution in [1.29, 1.82) is 0 Å². The number of hydrogen-bond donors (Lipinski definition) is 1. The highest BCUT2D eigenvalue weighted by Gasteiger charge is 2.19. The van der Waals surface area contributed by atoms with Gasteiger partial charge in [-0.15, -0.1) is 11.3 Å². The Hall–Kier alpha value is -0.870. The maximum absolute atomic E-state index is 4.26. The van der Waals surface area contributed by atoms with Crippen molar-refractivity contribution in [3.8, 4) is 0 Å². The molecule has 4 heteroatoms. The third-order valence-corrected chi connectivity index (χ3v) is 3.46. The van der Waals surface area contributed by atoms with Gasteiger partial charge in [0.25, 0.3) is 0 Å². The van der Waals surface area contributed by atoms with Gasteiger partial charge in [0.05, 0.1) is 5.69 Å². The van der Waals surface area contributed by atoms with Gasteiger partial charge in [-0.2, -0.15) is 0 Å². The molecule has 3 nitrogen and oxygen atoms in total. The first-order valence-corrected chi connectivity index (χ1v) is 5.47. The number of hydrogen-bond acceptors (Lipinski definition) is 3. The fraction of sp³-hybridized carbons (Fsp3) is 0.444. The van der Waals surface area contributed by atoms with Gasteiger partial charge in [-0.05, 0) is 19.4 Å². The Bertz CT molecular complexity index is 411. The van der Waals surface area contributed by atoms with Crippen LogP contribution in [-0.4, -0.2) is 15.9 Å². The summed E-state index contributed by atoms with van der Waals surface area (Å²) < 4.78 is 2.19. The Kier molecular flexibility index (Phi) is 1.63. The van der Waals surface area contributed by atoms with Crippen LogP contribution in [0.5, 0.6) is 0 Å². The van der Waals surface area contributed by atoms with Crippen LogP contribution < -0.4 is 5.32 Å². The molecule has 0 saturated carbocycles. The van der Waals surface area contributed by atoms with Crippen LogP contribution in [0.4, 0.5) is 0 Å². The van der Waals surface area contributed by atoms with Crippen molar-refractivity contribution in [2.75, 3.05) is 6.54 Å². The maximum atomic E-state index is 4.26. The summed E-state index contributed by atoms with van der Waals surface area (Å²) in [4.78, 5) is 5.37. The molecule has 1 N–H and O–H groups in total. The fourth-order valence-corrected chi connectivity index (χ4v) is 2.84. The van der Waals surface area contributed by atoms with Crippen LogP contribution in [0.1, 0.15) is 24.6 Å². The molecule has 1 aliphatic rings. The zero-order chi connectivity index (χ0) is 8.67. The average molecular weight is 193 g/mol. The van der Waals surface area contributed by atoms with E-state index in [2.05, 4.69) is 20.1 Å². The van der Waals surface area contributed by atoms with Crippen LogP contribution in [0.15, 0.2) is 17.8 Å². The predicted molar refractivity (Wildman–Crippen MR) is 53.0 cm³/mol. The molecule has 0 aliphatic carbocycles. The third kappa shape index (κ3) is 1.09. The highest BCUT2D eigenvalue weighted by atomic mass is 32.1. The lowest BCUT2D eigenvalue weighted by Crippen LogP contribution is -2.14. The molecule has 1 saturated heterocycles. The number of thiazole rings is 1. The van der Waals surface area contributed by atoms with E-state index in [0.29, 0.717) is 6.04 Å². The molecule has 1 atom stereocenters. The minimum Gasteiger partial charge on any atom is -0.309 e. The van der Waals surface area contributed by atoms with E-state index in [-0.39, 0.29) is 0 Å². The Labute approximate surface area is 80.4 Å². The summed E-state index contributed by atoms with van der Waals surface area (Å²) in [6.07, 6.45) is 6.45. The van der Waals surface area contributed by atoms with E-state index in [1.165, 1.54) is 18.5 Å². The normalized spacial score (nSPS) is 22.9. The van der Waals surface area contributed by atoms with Gasteiger partial charge in [-0.1, -0.05) is 0 Å². The number of nitrogens with zero attached hydrogens (tertiary/aromatic N) is 2. The van der Waals surface area contributed by atoms with Gasteiger partial charge in [-0.25, -0.2) is 4.98 Å². The minimum absolute atomic E-state index is 0.544. The van der Waals surface area contributed by atoms with E-state index in [4.69, 9.17) is 0 Å². The molecule has 2 aromatic rings. The molecule has 1 fully saturated rings. The van der Waals surface area contributed by atoms with Gasteiger partial charge in [0, 0.05) is 23.8 Å². The molecule has 3 rings (SSSR count). The van der Waals surface area contributed by atoms with Gasteiger partial charge >= 0.3 is 0 Å². The molecular weight excluding hydrogens is 182 g/mol. The van der Waals surface area contributed by atoms with Crippen LogP contribution in [0.25, 0.3) is 4.96 Å². The largest absolute Gasteiger partial charge is 0.309 e. The Morgan fingerprint density at radius 1 is 1.62 bits per heavy atom. The van der Waals surface area contributed by atoms with Crippen LogP contribution >= 0.6 is 11.3 Å². The second kappa shape index (κ2) is 2.82. The summed E-state index contributed by atoms with van der Waals surface area (Å²) in [6, 6.07) is 0.544. The lowest BCUT2D eigenvalue weighted by molar-refractivity contribution is 0.623. The molecule has 13 heavy (non-hydrogen) atoms. The molecule has 0 aromatic carbocycles. The zero-order valence-electron chi connectivity index (χ0n) is 7.23. The van der Waals surface area contributed by atoms with Crippen LogP contribution in [0.2, 0.25) is 0 Å². The van der Waals surface area contributed by atoms with Crippen molar-refractivity contribution in [2.45, 2.75) is 18.9 Å². The maximum Gasteiger partial charge on any atom is 0.193 e. The molecule has 0 unspecified atom stereocenters. The molecule has 0 spiro atoms. The minimum atomic E-state index is 0.544. The SMILES string of the molecule is c1cn2c([C@@H]3CCCN3)csc2n1. The number of rotatable bonds is 1. The smallest absolute Gasteiger partial charge is 0.193 e.